The van der Waals surface area contributed by atoms with Crippen molar-refractivity contribution in [1.29, 1.82) is 0 Å². The first kappa shape index (κ1) is 53.3. The Hall–Kier alpha value is -2.66. The molecule has 0 bridgehead atoms. The van der Waals surface area contributed by atoms with E-state index in [1.54, 1.807) is 0 Å². The number of hydrogen-bond donors (Lipinski definition) is 0. The molecule has 0 radical (unpaired) electrons. The maximum atomic E-state index is 12.7. The second kappa shape index (κ2) is 46.7. The molecule has 0 heterocycles. The van der Waals surface area contributed by atoms with Crippen LogP contribution >= 0.6 is 0 Å². The van der Waals surface area contributed by atoms with Crippen molar-refractivity contribution < 1.29 is 23.8 Å². The van der Waals surface area contributed by atoms with Crippen LogP contribution in [-0.2, 0) is 23.8 Å². The van der Waals surface area contributed by atoms with Gasteiger partial charge in [0, 0.05) is 19.4 Å². The van der Waals surface area contributed by atoms with Gasteiger partial charge in [0.05, 0.1) is 6.61 Å². The molecule has 0 aromatic heterocycles. The van der Waals surface area contributed by atoms with Crippen LogP contribution in [0.5, 0.6) is 0 Å². The first-order valence-corrected chi connectivity index (χ1v) is 23.5. The molecule has 0 saturated heterocycles. The minimum atomic E-state index is -0.551. The average molecular weight is 781 g/mol. The van der Waals surface area contributed by atoms with Crippen LogP contribution in [0.15, 0.2) is 72.9 Å². The minimum absolute atomic E-state index is 0.0630. The summed E-state index contributed by atoms with van der Waals surface area (Å²) in [5.74, 6) is -0.448. The van der Waals surface area contributed by atoms with Crippen molar-refractivity contribution in [1.82, 2.24) is 0 Å². The summed E-state index contributed by atoms with van der Waals surface area (Å²) in [7, 11) is 0. The Morgan fingerprint density at radius 3 is 1.32 bits per heavy atom. The van der Waals surface area contributed by atoms with Gasteiger partial charge in [0.1, 0.15) is 6.61 Å². The van der Waals surface area contributed by atoms with E-state index in [0.717, 1.165) is 96.3 Å². The first-order valence-electron chi connectivity index (χ1n) is 23.5. The Balaban J connectivity index is 4.19. The van der Waals surface area contributed by atoms with Crippen LogP contribution < -0.4 is 0 Å². The van der Waals surface area contributed by atoms with Gasteiger partial charge in [-0.1, -0.05) is 184 Å². The summed E-state index contributed by atoms with van der Waals surface area (Å²) in [6.45, 7) is 7.62. The highest BCUT2D eigenvalue weighted by Crippen LogP contribution is 2.12. The number of unbranched alkanes of at least 4 members (excludes halogenated alkanes) is 19. The van der Waals surface area contributed by atoms with Crippen LogP contribution in [0.25, 0.3) is 0 Å². The van der Waals surface area contributed by atoms with Crippen molar-refractivity contribution in [2.45, 2.75) is 219 Å². The van der Waals surface area contributed by atoms with Crippen molar-refractivity contribution in [2.24, 2.45) is 0 Å². The van der Waals surface area contributed by atoms with Crippen LogP contribution in [0, 0.1) is 0 Å². The molecule has 322 valence electrons. The van der Waals surface area contributed by atoms with Crippen LogP contribution in [0.3, 0.4) is 0 Å². The Morgan fingerprint density at radius 2 is 0.804 bits per heavy atom. The predicted octanol–water partition coefficient (Wildman–Crippen LogP) is 15.6. The summed E-state index contributed by atoms with van der Waals surface area (Å²) in [6, 6.07) is 0. The van der Waals surface area contributed by atoms with Gasteiger partial charge >= 0.3 is 11.9 Å². The zero-order chi connectivity index (χ0) is 40.7. The maximum absolute atomic E-state index is 12.7. The third kappa shape index (κ3) is 44.1. The third-order valence-corrected chi connectivity index (χ3v) is 9.73. The Labute approximate surface area is 347 Å². The first-order chi connectivity index (χ1) is 27.6. The van der Waals surface area contributed by atoms with E-state index in [4.69, 9.17) is 14.2 Å². The lowest BCUT2D eigenvalue weighted by Crippen LogP contribution is -2.30. The molecule has 5 nitrogen and oxygen atoms in total. The van der Waals surface area contributed by atoms with Crippen molar-refractivity contribution >= 4 is 11.9 Å². The fraction of sp³-hybridized carbons (Fsp3) is 0.725. The SMILES string of the molecule is CC/C=C\C/C=C\C/C=C\C/C=C\C/C=C\CCCCCC(=O)OCC(COCCCCCCCC)OC(=O)CCCCCCC/C=C\CCCCCCCC. The van der Waals surface area contributed by atoms with Gasteiger partial charge in [-0.25, -0.2) is 0 Å². The van der Waals surface area contributed by atoms with Gasteiger partial charge in [-0.05, 0) is 89.9 Å². The van der Waals surface area contributed by atoms with Gasteiger partial charge in [0.15, 0.2) is 6.10 Å². The highest BCUT2D eigenvalue weighted by molar-refractivity contribution is 5.70. The number of allylic oxidation sites excluding steroid dienone is 12. The number of hydrogen-bond acceptors (Lipinski definition) is 5. The number of esters is 2. The van der Waals surface area contributed by atoms with Gasteiger partial charge in [-0.2, -0.15) is 0 Å². The van der Waals surface area contributed by atoms with E-state index in [1.807, 2.05) is 0 Å². The third-order valence-electron chi connectivity index (χ3n) is 9.73. The van der Waals surface area contributed by atoms with E-state index in [-0.39, 0.29) is 25.2 Å². The van der Waals surface area contributed by atoms with Gasteiger partial charge in [-0.15, -0.1) is 0 Å². The summed E-state index contributed by atoms with van der Waals surface area (Å²) in [5.41, 5.74) is 0. The van der Waals surface area contributed by atoms with Crippen LogP contribution in [0.1, 0.15) is 213 Å². The molecule has 0 aliphatic carbocycles. The molecule has 0 saturated carbocycles. The van der Waals surface area contributed by atoms with E-state index >= 15 is 0 Å². The van der Waals surface area contributed by atoms with Crippen LogP contribution in [0.2, 0.25) is 0 Å². The normalized spacial score (nSPS) is 12.8. The van der Waals surface area contributed by atoms with Crippen molar-refractivity contribution in [2.75, 3.05) is 19.8 Å². The smallest absolute Gasteiger partial charge is 0.306 e. The molecule has 0 fully saturated rings. The quantitative estimate of drug-likeness (QED) is 0.0351. The van der Waals surface area contributed by atoms with E-state index in [1.165, 1.54) is 83.5 Å². The Bertz CT molecular complexity index is 1020. The molecule has 0 spiro atoms. The maximum Gasteiger partial charge on any atom is 0.306 e. The average Bonchev–Trinajstić information content (AvgIpc) is 3.20. The summed E-state index contributed by atoms with van der Waals surface area (Å²) < 4.78 is 17.2. The number of carbonyl (C=O) groups is 2. The summed E-state index contributed by atoms with van der Waals surface area (Å²) in [4.78, 5) is 25.2. The topological polar surface area (TPSA) is 61.8 Å². The predicted molar refractivity (Wildman–Crippen MR) is 242 cm³/mol. The fourth-order valence-electron chi connectivity index (χ4n) is 6.24. The molecule has 1 atom stereocenters. The second-order valence-corrected chi connectivity index (χ2v) is 15.3. The molecule has 1 unspecified atom stereocenters. The zero-order valence-corrected chi connectivity index (χ0v) is 36.9. The van der Waals surface area contributed by atoms with Gasteiger partial charge in [0.25, 0.3) is 0 Å². The van der Waals surface area contributed by atoms with Gasteiger partial charge in [-0.3, -0.25) is 9.59 Å². The second-order valence-electron chi connectivity index (χ2n) is 15.3. The summed E-state index contributed by atoms with van der Waals surface area (Å²) >= 11 is 0. The minimum Gasteiger partial charge on any atom is -0.462 e. The highest BCUT2D eigenvalue weighted by atomic mass is 16.6. The Morgan fingerprint density at radius 1 is 0.411 bits per heavy atom. The van der Waals surface area contributed by atoms with E-state index in [0.29, 0.717) is 19.4 Å². The summed E-state index contributed by atoms with van der Waals surface area (Å²) in [6.07, 6.45) is 59.1. The number of ether oxygens (including phenoxy) is 3. The fourth-order valence-corrected chi connectivity index (χ4v) is 6.24. The standard InChI is InChI=1S/C51H88O5/c1-4-7-10-13-16-18-20-22-24-25-26-27-29-30-32-34-36-38-41-44-50(52)55-48-49(47-54-46-43-40-15-12-9-6-3)56-51(53)45-42-39-37-35-33-31-28-23-21-19-17-14-11-8-5-2/h7,10,16,18,22-24,26-28,30,32,49H,4-6,8-9,11-15,17,19-21,25,29,31,33-48H2,1-3H3/b10-7-,18-16-,24-22-,27-26-,28-23-,32-30-. The lowest BCUT2D eigenvalue weighted by atomic mass is 10.1. The largest absolute Gasteiger partial charge is 0.462 e. The molecule has 0 aliphatic heterocycles. The highest BCUT2D eigenvalue weighted by Gasteiger charge is 2.17. The van der Waals surface area contributed by atoms with Gasteiger partial charge < -0.3 is 14.2 Å². The molecule has 0 aromatic carbocycles. The van der Waals surface area contributed by atoms with Crippen molar-refractivity contribution in [3.8, 4) is 0 Å². The van der Waals surface area contributed by atoms with E-state index in [2.05, 4.69) is 93.7 Å². The molecular weight excluding hydrogens is 693 g/mol. The van der Waals surface area contributed by atoms with Crippen molar-refractivity contribution in [3.05, 3.63) is 72.9 Å². The molecular formula is C51H88O5. The van der Waals surface area contributed by atoms with Crippen molar-refractivity contribution in [3.63, 3.8) is 0 Å². The Kier molecular flexibility index (Phi) is 44.5. The lowest BCUT2D eigenvalue weighted by molar-refractivity contribution is -0.163. The summed E-state index contributed by atoms with van der Waals surface area (Å²) in [5, 5.41) is 0. The molecule has 0 amide bonds. The van der Waals surface area contributed by atoms with Crippen LogP contribution in [0.4, 0.5) is 0 Å². The molecule has 56 heavy (non-hydrogen) atoms. The lowest BCUT2D eigenvalue weighted by Gasteiger charge is -2.18. The van der Waals surface area contributed by atoms with Gasteiger partial charge in [0.2, 0.25) is 0 Å². The van der Waals surface area contributed by atoms with E-state index < -0.39 is 6.10 Å². The molecule has 5 heteroatoms. The molecule has 0 N–H and O–H groups in total. The number of rotatable bonds is 42. The molecule has 0 aliphatic rings. The molecule has 0 aromatic rings. The van der Waals surface area contributed by atoms with E-state index in [9.17, 15) is 9.59 Å². The van der Waals surface area contributed by atoms with Crippen LogP contribution in [-0.4, -0.2) is 37.9 Å². The molecule has 0 rings (SSSR count). The zero-order valence-electron chi connectivity index (χ0n) is 36.9. The number of carbonyl (C=O) groups excluding carboxylic acids is 2. The monoisotopic (exact) mass is 781 g/mol.